The number of fused-ring (bicyclic) bond motifs is 1. The molecule has 30 heavy (non-hydrogen) atoms. The molecule has 0 bridgehead atoms. The molecule has 0 saturated carbocycles. The van der Waals surface area contributed by atoms with E-state index < -0.39 is 5.97 Å². The fraction of sp³-hybridized carbons (Fsp3) is 0.0909. The first-order valence-corrected chi connectivity index (χ1v) is 9.89. The van der Waals surface area contributed by atoms with Crippen molar-refractivity contribution < 1.29 is 14.3 Å². The summed E-state index contributed by atoms with van der Waals surface area (Å²) < 4.78 is 5.92. The van der Waals surface area contributed by atoms with E-state index in [0.29, 0.717) is 21.5 Å². The summed E-state index contributed by atoms with van der Waals surface area (Å²) in [6.07, 6.45) is 1.38. The number of hydrogen-bond acceptors (Lipinski definition) is 6. The second-order valence-corrected chi connectivity index (χ2v) is 7.52. The van der Waals surface area contributed by atoms with Gasteiger partial charge in [0.25, 0.3) is 5.56 Å². The van der Waals surface area contributed by atoms with Gasteiger partial charge in [-0.25, -0.2) is 9.78 Å². The highest BCUT2D eigenvalue weighted by atomic mass is 32.1. The maximum absolute atomic E-state index is 12.8. The van der Waals surface area contributed by atoms with E-state index in [1.54, 1.807) is 24.3 Å². The molecule has 7 nitrogen and oxygen atoms in total. The van der Waals surface area contributed by atoms with Crippen LogP contribution < -0.4 is 10.9 Å². The lowest BCUT2D eigenvalue weighted by Crippen LogP contribution is -2.27. The van der Waals surface area contributed by atoms with Crippen molar-refractivity contribution >= 4 is 39.1 Å². The van der Waals surface area contributed by atoms with Gasteiger partial charge in [-0.15, -0.1) is 11.3 Å². The zero-order valence-corrected chi connectivity index (χ0v) is 16.8. The third-order valence-electron chi connectivity index (χ3n) is 4.48. The fourth-order valence-electron chi connectivity index (χ4n) is 2.98. The van der Waals surface area contributed by atoms with Gasteiger partial charge in [0.1, 0.15) is 11.4 Å². The average Bonchev–Trinajstić information content (AvgIpc) is 3.21. The van der Waals surface area contributed by atoms with E-state index in [1.165, 1.54) is 29.3 Å². The molecule has 150 valence electrons. The number of ether oxygens (including phenoxy) is 1. The topological polar surface area (TPSA) is 90.3 Å². The van der Waals surface area contributed by atoms with Crippen LogP contribution in [0.5, 0.6) is 0 Å². The van der Waals surface area contributed by atoms with Gasteiger partial charge >= 0.3 is 5.97 Å². The zero-order valence-electron chi connectivity index (χ0n) is 16.0. The van der Waals surface area contributed by atoms with Crippen molar-refractivity contribution in [3.05, 3.63) is 82.9 Å². The van der Waals surface area contributed by atoms with Gasteiger partial charge in [0.2, 0.25) is 5.91 Å². The first-order chi connectivity index (χ1) is 14.5. The maximum atomic E-state index is 12.8. The standard InChI is InChI=1S/C22H17N3O4S/c1-29-22(28)15-7-9-16(10-8-15)24-19(26)12-25-13-23-20-17(21(25)27)11-18(30-20)14-5-3-2-4-6-14/h2-11,13H,12H2,1H3,(H,24,26). The van der Waals surface area contributed by atoms with Crippen LogP contribution in [0.3, 0.4) is 0 Å². The highest BCUT2D eigenvalue weighted by Crippen LogP contribution is 2.30. The number of esters is 1. The number of thiophene rings is 1. The zero-order chi connectivity index (χ0) is 21.1. The maximum Gasteiger partial charge on any atom is 0.337 e. The van der Waals surface area contributed by atoms with Gasteiger partial charge in [-0.3, -0.25) is 14.2 Å². The van der Waals surface area contributed by atoms with E-state index in [1.807, 2.05) is 36.4 Å². The monoisotopic (exact) mass is 419 g/mol. The van der Waals surface area contributed by atoms with E-state index in [-0.39, 0.29) is 18.0 Å². The number of amides is 1. The van der Waals surface area contributed by atoms with Gasteiger partial charge in [-0.05, 0) is 35.9 Å². The van der Waals surface area contributed by atoms with Crippen molar-refractivity contribution in [3.63, 3.8) is 0 Å². The van der Waals surface area contributed by atoms with Gasteiger partial charge in [-0.1, -0.05) is 30.3 Å². The van der Waals surface area contributed by atoms with E-state index in [0.717, 1.165) is 10.4 Å². The Hall–Kier alpha value is -3.78. The van der Waals surface area contributed by atoms with E-state index in [4.69, 9.17) is 0 Å². The number of aromatic nitrogens is 2. The molecule has 1 N–H and O–H groups in total. The Labute approximate surface area is 175 Å². The molecule has 0 spiro atoms. The average molecular weight is 419 g/mol. The predicted molar refractivity (Wildman–Crippen MR) is 116 cm³/mol. The van der Waals surface area contributed by atoms with Gasteiger partial charge in [-0.2, -0.15) is 0 Å². The van der Waals surface area contributed by atoms with E-state index in [9.17, 15) is 14.4 Å². The number of carbonyl (C=O) groups is 2. The molecule has 0 aliphatic carbocycles. The van der Waals surface area contributed by atoms with Crippen LogP contribution >= 0.6 is 11.3 Å². The summed E-state index contributed by atoms with van der Waals surface area (Å²) in [4.78, 5) is 42.6. The van der Waals surface area contributed by atoms with Gasteiger partial charge in [0.15, 0.2) is 0 Å². The van der Waals surface area contributed by atoms with Crippen molar-refractivity contribution in [2.45, 2.75) is 6.54 Å². The molecule has 1 amide bonds. The third kappa shape index (κ3) is 3.99. The smallest absolute Gasteiger partial charge is 0.337 e. The minimum Gasteiger partial charge on any atom is -0.465 e. The highest BCUT2D eigenvalue weighted by Gasteiger charge is 2.13. The molecule has 0 atom stereocenters. The number of carbonyl (C=O) groups excluding carboxylic acids is 2. The molecule has 0 radical (unpaired) electrons. The molecule has 2 aromatic heterocycles. The lowest BCUT2D eigenvalue weighted by Gasteiger charge is -2.07. The van der Waals surface area contributed by atoms with E-state index in [2.05, 4.69) is 15.0 Å². The quantitative estimate of drug-likeness (QED) is 0.500. The van der Waals surface area contributed by atoms with Crippen molar-refractivity contribution in [2.24, 2.45) is 0 Å². The summed E-state index contributed by atoms with van der Waals surface area (Å²) in [7, 11) is 1.30. The summed E-state index contributed by atoms with van der Waals surface area (Å²) in [6, 6.07) is 17.9. The second kappa shape index (κ2) is 8.30. The van der Waals surface area contributed by atoms with Crippen LogP contribution in [0.1, 0.15) is 10.4 Å². The molecule has 2 heterocycles. The van der Waals surface area contributed by atoms with E-state index >= 15 is 0 Å². The number of anilines is 1. The van der Waals surface area contributed by atoms with Crippen molar-refractivity contribution in [1.29, 1.82) is 0 Å². The first kappa shape index (κ1) is 19.5. The van der Waals surface area contributed by atoms with Crippen LogP contribution in [0.2, 0.25) is 0 Å². The first-order valence-electron chi connectivity index (χ1n) is 9.08. The Morgan fingerprint density at radius 3 is 2.53 bits per heavy atom. The number of benzene rings is 2. The molecule has 0 aliphatic heterocycles. The largest absolute Gasteiger partial charge is 0.465 e. The van der Waals surface area contributed by atoms with Crippen LogP contribution in [0.25, 0.3) is 20.7 Å². The van der Waals surface area contributed by atoms with Crippen LogP contribution in [0.15, 0.2) is 71.8 Å². The van der Waals surface area contributed by atoms with Crippen LogP contribution in [0.4, 0.5) is 5.69 Å². The second-order valence-electron chi connectivity index (χ2n) is 6.49. The van der Waals surface area contributed by atoms with Gasteiger partial charge < -0.3 is 10.1 Å². The van der Waals surface area contributed by atoms with Crippen LogP contribution in [-0.2, 0) is 16.1 Å². The number of nitrogens with zero attached hydrogens (tertiary/aromatic N) is 2. The molecule has 0 saturated heterocycles. The lowest BCUT2D eigenvalue weighted by molar-refractivity contribution is -0.116. The van der Waals surface area contributed by atoms with Gasteiger partial charge in [0, 0.05) is 10.6 Å². The SMILES string of the molecule is COC(=O)c1ccc(NC(=O)Cn2cnc3sc(-c4ccccc4)cc3c2=O)cc1. The summed E-state index contributed by atoms with van der Waals surface area (Å²) in [6.45, 7) is -0.170. The number of hydrogen-bond donors (Lipinski definition) is 1. The van der Waals surface area contributed by atoms with Crippen LogP contribution in [0, 0.1) is 0 Å². The Bertz CT molecular complexity index is 1280. The molecule has 0 aliphatic rings. The fourth-order valence-corrected chi connectivity index (χ4v) is 3.97. The summed E-state index contributed by atoms with van der Waals surface area (Å²) >= 11 is 1.44. The molecule has 2 aromatic carbocycles. The Morgan fingerprint density at radius 1 is 1.10 bits per heavy atom. The molecule has 0 fully saturated rings. The number of rotatable bonds is 5. The molecule has 4 rings (SSSR count). The number of nitrogens with one attached hydrogen (secondary N) is 1. The summed E-state index contributed by atoms with van der Waals surface area (Å²) in [5, 5.41) is 3.19. The summed E-state index contributed by atoms with van der Waals surface area (Å²) in [5.74, 6) is -0.827. The lowest BCUT2D eigenvalue weighted by atomic mass is 10.2. The molecule has 8 heteroatoms. The van der Waals surface area contributed by atoms with Crippen molar-refractivity contribution in [3.8, 4) is 10.4 Å². The highest BCUT2D eigenvalue weighted by molar-refractivity contribution is 7.21. The van der Waals surface area contributed by atoms with Crippen LogP contribution in [-0.4, -0.2) is 28.5 Å². The number of methoxy groups -OCH3 is 1. The minimum absolute atomic E-state index is 0.170. The predicted octanol–water partition coefficient (Wildman–Crippen LogP) is 3.55. The Kier molecular flexibility index (Phi) is 5.40. The van der Waals surface area contributed by atoms with Crippen molar-refractivity contribution in [1.82, 2.24) is 9.55 Å². The molecular weight excluding hydrogens is 402 g/mol. The van der Waals surface area contributed by atoms with Gasteiger partial charge in [0.05, 0.1) is 24.4 Å². The van der Waals surface area contributed by atoms with Crippen molar-refractivity contribution in [2.75, 3.05) is 12.4 Å². The Balaban J connectivity index is 1.52. The Morgan fingerprint density at radius 2 is 1.83 bits per heavy atom. The normalized spacial score (nSPS) is 10.7. The summed E-state index contributed by atoms with van der Waals surface area (Å²) in [5.41, 5.74) is 1.64. The third-order valence-corrected chi connectivity index (χ3v) is 5.57. The molecule has 4 aromatic rings. The minimum atomic E-state index is -0.454. The molecular formula is C22H17N3O4S. The molecule has 0 unspecified atom stereocenters.